The fraction of sp³-hybridized carbons (Fsp3) is 0.129. The van der Waals surface area contributed by atoms with Gasteiger partial charge in [0.05, 0.1) is 0 Å². The highest BCUT2D eigenvalue weighted by Gasteiger charge is 2.25. The van der Waals surface area contributed by atoms with Gasteiger partial charge in [-0.15, -0.1) is 0 Å². The van der Waals surface area contributed by atoms with E-state index >= 15 is 0 Å². The van der Waals surface area contributed by atoms with Crippen molar-refractivity contribution in [1.82, 2.24) is 10.6 Å². The Bertz CT molecular complexity index is 1470. The first-order valence-corrected chi connectivity index (χ1v) is 12.3. The summed E-state index contributed by atoms with van der Waals surface area (Å²) in [6.45, 7) is 0.288. The third-order valence-electron chi connectivity index (χ3n) is 6.19. The second kappa shape index (κ2) is 12.5. The van der Waals surface area contributed by atoms with Crippen LogP contribution in [0.2, 0.25) is 0 Å². The molecule has 6 N–H and O–H groups in total. The molecule has 192 valence electrons. The molecule has 0 saturated heterocycles. The molecule has 4 aromatic carbocycles. The fourth-order valence-electron chi connectivity index (χ4n) is 4.13. The summed E-state index contributed by atoms with van der Waals surface area (Å²) in [5.74, 6) is -1.66. The first kappa shape index (κ1) is 26.3. The van der Waals surface area contributed by atoms with E-state index in [-0.39, 0.29) is 13.0 Å². The molecule has 0 fully saturated rings. The van der Waals surface area contributed by atoms with Crippen molar-refractivity contribution in [1.29, 1.82) is 0 Å². The van der Waals surface area contributed by atoms with Gasteiger partial charge in [0.1, 0.15) is 12.1 Å². The Morgan fingerprint density at radius 3 is 2.24 bits per heavy atom. The maximum absolute atomic E-state index is 13.4. The van der Waals surface area contributed by atoms with Crippen molar-refractivity contribution >= 4 is 34.6 Å². The smallest absolute Gasteiger partial charge is 0.251 e. The van der Waals surface area contributed by atoms with E-state index < -0.39 is 29.8 Å². The highest BCUT2D eigenvalue weighted by molar-refractivity contribution is 5.99. The van der Waals surface area contributed by atoms with Gasteiger partial charge in [-0.05, 0) is 39.6 Å². The van der Waals surface area contributed by atoms with Crippen LogP contribution in [-0.4, -0.2) is 29.8 Å². The average Bonchev–Trinajstić information content (AvgIpc) is 2.95. The average molecular weight is 507 g/mol. The Kier molecular flexibility index (Phi) is 8.64. The summed E-state index contributed by atoms with van der Waals surface area (Å²) < 4.78 is 0. The summed E-state index contributed by atoms with van der Waals surface area (Å²) in [7, 11) is 0. The molecule has 0 saturated carbocycles. The maximum Gasteiger partial charge on any atom is 0.251 e. The third-order valence-corrected chi connectivity index (χ3v) is 6.19. The van der Waals surface area contributed by atoms with Crippen LogP contribution >= 0.6 is 0 Å². The highest BCUT2D eigenvalue weighted by Crippen LogP contribution is 2.17. The summed E-state index contributed by atoms with van der Waals surface area (Å²) in [5.41, 5.74) is 14.2. The topological polar surface area (TPSA) is 127 Å². The van der Waals surface area contributed by atoms with Gasteiger partial charge in [-0.3, -0.25) is 14.4 Å². The van der Waals surface area contributed by atoms with E-state index in [0.29, 0.717) is 5.56 Å². The minimum atomic E-state index is -1.06. The molecule has 0 aliphatic carbocycles. The molecular weight excluding hydrogens is 476 g/mol. The van der Waals surface area contributed by atoms with Crippen molar-refractivity contribution in [3.8, 4) is 0 Å². The minimum Gasteiger partial charge on any atom is -0.368 e. The molecule has 4 aromatic rings. The van der Waals surface area contributed by atoms with E-state index in [2.05, 4.69) is 10.6 Å². The van der Waals surface area contributed by atoms with Gasteiger partial charge in [-0.2, -0.15) is 0 Å². The lowest BCUT2D eigenvalue weighted by atomic mass is 10.00. The van der Waals surface area contributed by atoms with E-state index in [1.165, 1.54) is 6.08 Å². The molecular formula is C31H30N4O3. The Hall–Kier alpha value is -4.75. The number of nitrogens with one attached hydrogen (secondary N) is 2. The lowest BCUT2D eigenvalue weighted by molar-refractivity contribution is -0.127. The van der Waals surface area contributed by atoms with Crippen molar-refractivity contribution in [2.75, 3.05) is 0 Å². The third kappa shape index (κ3) is 6.93. The Labute approximate surface area is 221 Å². The number of hydrogen-bond acceptors (Lipinski definition) is 4. The van der Waals surface area contributed by atoms with Crippen molar-refractivity contribution in [2.24, 2.45) is 11.5 Å². The first-order valence-electron chi connectivity index (χ1n) is 12.3. The molecule has 2 atom stereocenters. The van der Waals surface area contributed by atoms with Gasteiger partial charge in [0.15, 0.2) is 0 Å². The number of nitrogens with two attached hydrogens (primary N) is 2. The molecule has 7 heteroatoms. The van der Waals surface area contributed by atoms with Gasteiger partial charge in [-0.25, -0.2) is 0 Å². The lowest BCUT2D eigenvalue weighted by Crippen LogP contribution is -2.53. The number of fused-ring (bicyclic) bond motifs is 1. The summed E-state index contributed by atoms with van der Waals surface area (Å²) in [6.07, 6.45) is 3.47. The number of primary amides is 1. The highest BCUT2D eigenvalue weighted by atomic mass is 16.2. The van der Waals surface area contributed by atoms with E-state index in [4.69, 9.17) is 11.5 Å². The van der Waals surface area contributed by atoms with Gasteiger partial charge in [0.2, 0.25) is 11.8 Å². The van der Waals surface area contributed by atoms with Crippen molar-refractivity contribution < 1.29 is 14.4 Å². The molecule has 0 aromatic heterocycles. The zero-order valence-electron chi connectivity index (χ0n) is 20.8. The Morgan fingerprint density at radius 1 is 0.763 bits per heavy atom. The van der Waals surface area contributed by atoms with Crippen LogP contribution in [0.25, 0.3) is 16.8 Å². The van der Waals surface area contributed by atoms with Gasteiger partial charge in [0.25, 0.3) is 5.91 Å². The van der Waals surface area contributed by atoms with Crippen LogP contribution in [0.4, 0.5) is 0 Å². The van der Waals surface area contributed by atoms with E-state index in [9.17, 15) is 14.4 Å². The normalized spacial score (nSPS) is 12.7. The molecule has 0 heterocycles. The number of hydrogen-bond donors (Lipinski definition) is 4. The largest absolute Gasteiger partial charge is 0.368 e. The van der Waals surface area contributed by atoms with Crippen LogP contribution in [0.15, 0.2) is 103 Å². The molecule has 0 spiro atoms. The van der Waals surface area contributed by atoms with Crippen LogP contribution in [0.5, 0.6) is 0 Å². The summed E-state index contributed by atoms with van der Waals surface area (Å²) in [6, 6.07) is 28.0. The summed E-state index contributed by atoms with van der Waals surface area (Å²) >= 11 is 0. The fourth-order valence-corrected chi connectivity index (χ4v) is 4.13. The number of benzene rings is 4. The number of rotatable bonds is 10. The van der Waals surface area contributed by atoms with Gasteiger partial charge in [0, 0.05) is 18.5 Å². The van der Waals surface area contributed by atoms with Crippen molar-refractivity contribution in [2.45, 2.75) is 25.0 Å². The monoisotopic (exact) mass is 506 g/mol. The van der Waals surface area contributed by atoms with Gasteiger partial charge in [-0.1, -0.05) is 97.1 Å². The molecule has 1 unspecified atom stereocenters. The number of carbonyl (C=O) groups excluding carboxylic acids is 3. The Balaban J connectivity index is 1.58. The van der Waals surface area contributed by atoms with Crippen molar-refractivity contribution in [3.63, 3.8) is 0 Å². The summed E-state index contributed by atoms with van der Waals surface area (Å²) in [4.78, 5) is 38.7. The molecule has 7 nitrogen and oxygen atoms in total. The second-order valence-electron chi connectivity index (χ2n) is 8.97. The molecule has 0 bridgehead atoms. The van der Waals surface area contributed by atoms with Crippen LogP contribution in [0.3, 0.4) is 0 Å². The predicted octanol–water partition coefficient (Wildman–Crippen LogP) is 3.32. The standard InChI is InChI=1S/C31H30N4O3/c32-20-23-9-6-12-26(18-23)30(37)35-28(19-22-13-15-24-10-4-5-11-25(24)17-22)31(38)34-27(29(33)36)16-14-21-7-2-1-3-8-21/h1-18,27-28H,19-20,32H2,(H2,33,36)(H,34,38)(H,35,37)/b16-14+/t27?,28-/m1/s1. The molecule has 38 heavy (non-hydrogen) atoms. The van der Waals surface area contributed by atoms with Crippen LogP contribution < -0.4 is 22.1 Å². The molecule has 4 rings (SSSR count). The van der Waals surface area contributed by atoms with Crippen LogP contribution in [-0.2, 0) is 22.6 Å². The quantitative estimate of drug-likeness (QED) is 0.263. The van der Waals surface area contributed by atoms with Crippen LogP contribution in [0.1, 0.15) is 27.0 Å². The number of carbonyl (C=O) groups is 3. The van der Waals surface area contributed by atoms with Crippen LogP contribution in [0, 0.1) is 0 Å². The molecule has 3 amide bonds. The molecule has 0 aliphatic heterocycles. The maximum atomic E-state index is 13.4. The second-order valence-corrected chi connectivity index (χ2v) is 8.97. The first-order chi connectivity index (χ1) is 18.4. The minimum absolute atomic E-state index is 0.215. The van der Waals surface area contributed by atoms with Crippen molar-refractivity contribution in [3.05, 3.63) is 125 Å². The lowest BCUT2D eigenvalue weighted by Gasteiger charge is -2.21. The number of amides is 3. The molecule has 0 radical (unpaired) electrons. The van der Waals surface area contributed by atoms with E-state index in [1.807, 2.05) is 78.9 Å². The summed E-state index contributed by atoms with van der Waals surface area (Å²) in [5, 5.41) is 7.61. The van der Waals surface area contributed by atoms with E-state index in [1.54, 1.807) is 24.3 Å². The zero-order valence-corrected chi connectivity index (χ0v) is 20.8. The Morgan fingerprint density at radius 2 is 1.50 bits per heavy atom. The SMILES string of the molecule is NCc1cccc(C(=O)N[C@H](Cc2ccc3ccccc3c2)C(=O)NC(/C=C/c2ccccc2)C(N)=O)c1. The van der Waals surface area contributed by atoms with Gasteiger partial charge >= 0.3 is 0 Å². The van der Waals surface area contributed by atoms with Gasteiger partial charge < -0.3 is 22.1 Å². The van der Waals surface area contributed by atoms with E-state index in [0.717, 1.165) is 27.5 Å². The predicted molar refractivity (Wildman–Crippen MR) is 150 cm³/mol. The molecule has 0 aliphatic rings. The zero-order chi connectivity index (χ0) is 26.9.